The molecule has 18 heavy (non-hydrogen) atoms. The van der Waals surface area contributed by atoms with Gasteiger partial charge >= 0.3 is 0 Å². The summed E-state index contributed by atoms with van der Waals surface area (Å²) < 4.78 is 2.58. The topological polar surface area (TPSA) is 42.7 Å². The molecule has 0 aromatic carbocycles. The van der Waals surface area contributed by atoms with Gasteiger partial charge in [0, 0.05) is 13.1 Å². The first kappa shape index (κ1) is 12.5. The van der Waals surface area contributed by atoms with Crippen LogP contribution in [-0.2, 0) is 11.3 Å². The lowest BCUT2D eigenvalue weighted by atomic mass is 10.0. The molecule has 1 fully saturated rings. The summed E-state index contributed by atoms with van der Waals surface area (Å²) >= 11 is 2.05. The zero-order valence-corrected chi connectivity index (χ0v) is 12.1. The molecule has 2 unspecified atom stereocenters. The van der Waals surface area contributed by atoms with Crippen LogP contribution in [0, 0.1) is 0 Å². The van der Waals surface area contributed by atoms with E-state index in [1.807, 2.05) is 11.8 Å². The summed E-state index contributed by atoms with van der Waals surface area (Å²) in [5, 5.41) is 12.6. The summed E-state index contributed by atoms with van der Waals surface area (Å²) in [4.78, 5) is 0. The number of rotatable bonds is 3. The summed E-state index contributed by atoms with van der Waals surface area (Å²) in [7, 11) is 0. The van der Waals surface area contributed by atoms with Crippen LogP contribution in [0.5, 0.6) is 0 Å². The van der Waals surface area contributed by atoms with Gasteiger partial charge in [0.2, 0.25) is 0 Å². The minimum absolute atomic E-state index is 0.194. The van der Waals surface area contributed by atoms with Gasteiger partial charge < -0.3 is 9.88 Å². The molecule has 0 amide bonds. The van der Waals surface area contributed by atoms with Crippen molar-refractivity contribution in [3.63, 3.8) is 0 Å². The van der Waals surface area contributed by atoms with Crippen molar-refractivity contribution in [2.24, 2.45) is 0 Å². The fraction of sp³-hybridized carbons (Fsp3) is 0.846. The van der Waals surface area contributed by atoms with Gasteiger partial charge in [-0.1, -0.05) is 13.3 Å². The molecule has 2 aliphatic heterocycles. The van der Waals surface area contributed by atoms with Crippen molar-refractivity contribution in [3.8, 4) is 0 Å². The first-order chi connectivity index (χ1) is 8.74. The molecule has 5 heteroatoms. The fourth-order valence-corrected chi connectivity index (χ4v) is 4.41. The van der Waals surface area contributed by atoms with Gasteiger partial charge in [-0.15, -0.1) is 22.0 Å². The van der Waals surface area contributed by atoms with E-state index in [1.165, 1.54) is 30.8 Å². The van der Waals surface area contributed by atoms with E-state index in [2.05, 4.69) is 33.9 Å². The average molecular weight is 266 g/mol. The smallest absolute Gasteiger partial charge is 0.150 e. The van der Waals surface area contributed by atoms with Crippen LogP contribution in [-0.4, -0.2) is 27.1 Å². The molecule has 100 valence electrons. The molecule has 4 nitrogen and oxygen atoms in total. The third-order valence-electron chi connectivity index (χ3n) is 4.09. The van der Waals surface area contributed by atoms with Crippen LogP contribution in [0.25, 0.3) is 0 Å². The number of hydrogen-bond acceptors (Lipinski definition) is 4. The van der Waals surface area contributed by atoms with Gasteiger partial charge in [0.15, 0.2) is 0 Å². The highest BCUT2D eigenvalue weighted by Crippen LogP contribution is 2.46. The molecule has 3 heterocycles. The molecular formula is C13H22N4S. The van der Waals surface area contributed by atoms with Gasteiger partial charge in [-0.2, -0.15) is 0 Å². The van der Waals surface area contributed by atoms with Crippen molar-refractivity contribution in [2.75, 3.05) is 12.3 Å². The van der Waals surface area contributed by atoms with Crippen LogP contribution in [0.3, 0.4) is 0 Å². The van der Waals surface area contributed by atoms with Gasteiger partial charge in [-0.25, -0.2) is 0 Å². The minimum atomic E-state index is 0.194. The van der Waals surface area contributed by atoms with Crippen molar-refractivity contribution < 1.29 is 0 Å². The number of hydrogen-bond donors (Lipinski definition) is 1. The Bertz CT molecular complexity index is 423. The SMILES string of the molecule is CCCC1NCCn2c1nnc2C1(C)CCCS1. The predicted molar refractivity (Wildman–Crippen MR) is 74.7 cm³/mol. The van der Waals surface area contributed by atoms with E-state index in [1.54, 1.807) is 0 Å². The molecule has 2 atom stereocenters. The Hall–Kier alpha value is -0.550. The number of nitrogens with zero attached hydrogens (tertiary/aromatic N) is 3. The highest BCUT2D eigenvalue weighted by atomic mass is 32.2. The quantitative estimate of drug-likeness (QED) is 0.912. The van der Waals surface area contributed by atoms with Gasteiger partial charge in [-0.05, 0) is 31.9 Å². The molecular weight excluding hydrogens is 244 g/mol. The van der Waals surface area contributed by atoms with Crippen molar-refractivity contribution in [2.45, 2.75) is 56.9 Å². The second-order valence-electron chi connectivity index (χ2n) is 5.51. The summed E-state index contributed by atoms with van der Waals surface area (Å²) in [6.07, 6.45) is 4.88. The third-order valence-corrected chi connectivity index (χ3v) is 5.60. The van der Waals surface area contributed by atoms with Gasteiger partial charge in [0.1, 0.15) is 11.6 Å². The number of fused-ring (bicyclic) bond motifs is 1. The molecule has 1 saturated heterocycles. The number of aromatic nitrogens is 3. The average Bonchev–Trinajstić information content (AvgIpc) is 2.97. The minimum Gasteiger partial charge on any atom is -0.311 e. The molecule has 0 aliphatic carbocycles. The van der Waals surface area contributed by atoms with Crippen molar-refractivity contribution in [3.05, 3.63) is 11.6 Å². The molecule has 3 rings (SSSR count). The Morgan fingerprint density at radius 2 is 2.39 bits per heavy atom. The number of nitrogens with one attached hydrogen (secondary N) is 1. The van der Waals surface area contributed by atoms with Crippen LogP contribution in [0.1, 0.15) is 57.2 Å². The van der Waals surface area contributed by atoms with E-state index < -0.39 is 0 Å². The van der Waals surface area contributed by atoms with Crippen molar-refractivity contribution in [1.82, 2.24) is 20.1 Å². The second-order valence-corrected chi connectivity index (χ2v) is 7.11. The molecule has 1 aromatic rings. The second kappa shape index (κ2) is 4.85. The molecule has 0 saturated carbocycles. The Labute approximate surface area is 113 Å². The maximum Gasteiger partial charge on any atom is 0.150 e. The van der Waals surface area contributed by atoms with Crippen LogP contribution >= 0.6 is 11.8 Å². The predicted octanol–water partition coefficient (Wildman–Crippen LogP) is 2.46. The van der Waals surface area contributed by atoms with Crippen LogP contribution in [0.2, 0.25) is 0 Å². The third kappa shape index (κ3) is 1.97. The Balaban J connectivity index is 1.94. The molecule has 0 spiro atoms. The first-order valence-corrected chi connectivity index (χ1v) is 8.04. The maximum atomic E-state index is 4.54. The van der Waals surface area contributed by atoms with E-state index in [9.17, 15) is 0 Å². The standard InChI is InChI=1S/C13H22N4S/c1-3-5-10-11-15-16-12(17(11)8-7-14-10)13(2)6-4-9-18-13/h10,14H,3-9H2,1-2H3. The Morgan fingerprint density at radius 3 is 3.11 bits per heavy atom. The molecule has 2 aliphatic rings. The summed E-state index contributed by atoms with van der Waals surface area (Å²) in [6, 6.07) is 0.403. The highest BCUT2D eigenvalue weighted by Gasteiger charge is 2.38. The molecule has 1 N–H and O–H groups in total. The summed E-state index contributed by atoms with van der Waals surface area (Å²) in [6.45, 7) is 6.63. The van der Waals surface area contributed by atoms with Crippen LogP contribution < -0.4 is 5.32 Å². The Kier molecular flexibility index (Phi) is 3.36. The largest absolute Gasteiger partial charge is 0.311 e. The Morgan fingerprint density at radius 1 is 1.50 bits per heavy atom. The van der Waals surface area contributed by atoms with E-state index in [0.29, 0.717) is 6.04 Å². The van der Waals surface area contributed by atoms with E-state index in [-0.39, 0.29) is 4.75 Å². The molecule has 0 bridgehead atoms. The molecule has 0 radical (unpaired) electrons. The van der Waals surface area contributed by atoms with E-state index >= 15 is 0 Å². The monoisotopic (exact) mass is 266 g/mol. The van der Waals surface area contributed by atoms with Gasteiger partial charge in [0.25, 0.3) is 0 Å². The maximum absolute atomic E-state index is 4.54. The lowest BCUT2D eigenvalue weighted by Crippen LogP contribution is -2.35. The highest BCUT2D eigenvalue weighted by molar-refractivity contribution is 8.00. The van der Waals surface area contributed by atoms with E-state index in [4.69, 9.17) is 0 Å². The molecule has 1 aromatic heterocycles. The summed E-state index contributed by atoms with van der Waals surface area (Å²) in [5.41, 5.74) is 0. The first-order valence-electron chi connectivity index (χ1n) is 7.05. The fourth-order valence-electron chi connectivity index (χ4n) is 3.10. The van der Waals surface area contributed by atoms with Gasteiger partial charge in [-0.3, -0.25) is 0 Å². The van der Waals surface area contributed by atoms with Crippen molar-refractivity contribution in [1.29, 1.82) is 0 Å². The lowest BCUT2D eigenvalue weighted by molar-refractivity contribution is 0.381. The number of thioether (sulfide) groups is 1. The van der Waals surface area contributed by atoms with Crippen LogP contribution in [0.4, 0.5) is 0 Å². The summed E-state index contributed by atoms with van der Waals surface area (Å²) in [5.74, 6) is 3.63. The zero-order chi connectivity index (χ0) is 12.6. The van der Waals surface area contributed by atoms with Crippen molar-refractivity contribution >= 4 is 11.8 Å². The lowest BCUT2D eigenvalue weighted by Gasteiger charge is -2.28. The normalized spacial score (nSPS) is 31.6. The van der Waals surface area contributed by atoms with Crippen LogP contribution in [0.15, 0.2) is 0 Å². The van der Waals surface area contributed by atoms with E-state index in [0.717, 1.165) is 25.3 Å². The van der Waals surface area contributed by atoms with Gasteiger partial charge in [0.05, 0.1) is 10.8 Å². The zero-order valence-electron chi connectivity index (χ0n) is 11.3.